The van der Waals surface area contributed by atoms with Gasteiger partial charge < -0.3 is 15.2 Å². The van der Waals surface area contributed by atoms with Gasteiger partial charge in [0.2, 0.25) is 0 Å². The van der Waals surface area contributed by atoms with Gasteiger partial charge >= 0.3 is 0 Å². The fourth-order valence-electron chi connectivity index (χ4n) is 9.90. The van der Waals surface area contributed by atoms with Crippen LogP contribution in [0.4, 0.5) is 0 Å². The predicted octanol–water partition coefficient (Wildman–Crippen LogP) is 4.88. The van der Waals surface area contributed by atoms with E-state index in [0.717, 1.165) is 44.3 Å². The summed E-state index contributed by atoms with van der Waals surface area (Å²) in [6.45, 7) is 7.40. The number of rotatable bonds is 4. The second-order valence-electron chi connectivity index (χ2n) is 13.4. The van der Waals surface area contributed by atoms with Gasteiger partial charge in [-0.25, -0.2) is 4.98 Å². The molecule has 0 bridgehead atoms. The van der Waals surface area contributed by atoms with Gasteiger partial charge in [-0.1, -0.05) is 20.8 Å². The molecule has 196 valence electrons. The maximum absolute atomic E-state index is 12.5. The monoisotopic (exact) mass is 493 g/mol. The molecular weight excluding hydrogens is 450 g/mol. The molecular formula is C30H43N3O3. The molecule has 36 heavy (non-hydrogen) atoms. The molecule has 6 heteroatoms. The summed E-state index contributed by atoms with van der Waals surface area (Å²) in [6, 6.07) is 1.72. The molecule has 0 radical (unpaired) electrons. The van der Waals surface area contributed by atoms with Crippen molar-refractivity contribution in [2.45, 2.75) is 97.2 Å². The van der Waals surface area contributed by atoms with Gasteiger partial charge in [-0.15, -0.1) is 0 Å². The summed E-state index contributed by atoms with van der Waals surface area (Å²) in [4.78, 5) is 24.3. The maximum Gasteiger partial charge on any atom is 0.258 e. The lowest BCUT2D eigenvalue weighted by Crippen LogP contribution is -2.58. The third-order valence-electron chi connectivity index (χ3n) is 11.8. The van der Waals surface area contributed by atoms with Crippen LogP contribution in [-0.2, 0) is 6.42 Å². The SMILES string of the molecule is C[C@H](CCc1nc2cnccc2c(=O)[nH]1)[C@H]1CC[C@H]2[C@H]3C(CC[C@]12C)[C@@]1(C)CC[C@@H](O)C[C@H]1C[C@H]3O. The molecule has 6 nitrogen and oxygen atoms in total. The van der Waals surface area contributed by atoms with Gasteiger partial charge in [0.25, 0.3) is 5.56 Å². The molecule has 0 amide bonds. The fourth-order valence-corrected chi connectivity index (χ4v) is 9.90. The number of hydrogen-bond acceptors (Lipinski definition) is 5. The summed E-state index contributed by atoms with van der Waals surface area (Å²) >= 11 is 0. The highest BCUT2D eigenvalue weighted by molar-refractivity contribution is 5.75. The molecule has 2 heterocycles. The van der Waals surface area contributed by atoms with E-state index in [4.69, 9.17) is 0 Å². The number of nitrogens with zero attached hydrogens (tertiary/aromatic N) is 2. The van der Waals surface area contributed by atoms with E-state index in [1.54, 1.807) is 18.5 Å². The molecule has 1 unspecified atom stereocenters. The lowest BCUT2D eigenvalue weighted by molar-refractivity contribution is -0.174. The molecule has 4 fully saturated rings. The first-order chi connectivity index (χ1) is 17.2. The van der Waals surface area contributed by atoms with Crippen molar-refractivity contribution in [3.05, 3.63) is 34.6 Å². The third-order valence-corrected chi connectivity index (χ3v) is 11.8. The van der Waals surface area contributed by atoms with Crippen LogP contribution in [0.2, 0.25) is 0 Å². The number of nitrogens with one attached hydrogen (secondary N) is 1. The first-order valence-corrected chi connectivity index (χ1v) is 14.4. The third kappa shape index (κ3) is 3.77. The number of aryl methyl sites for hydroxylation is 1. The topological polar surface area (TPSA) is 99.1 Å². The fraction of sp³-hybridized carbons (Fsp3) is 0.767. The van der Waals surface area contributed by atoms with Crippen LogP contribution in [0.3, 0.4) is 0 Å². The second kappa shape index (κ2) is 8.90. The lowest BCUT2D eigenvalue weighted by atomic mass is 9.43. The van der Waals surface area contributed by atoms with Gasteiger partial charge in [-0.3, -0.25) is 9.78 Å². The minimum absolute atomic E-state index is 0.0791. The van der Waals surface area contributed by atoms with Crippen molar-refractivity contribution in [2.75, 3.05) is 0 Å². The van der Waals surface area contributed by atoms with E-state index in [-0.39, 0.29) is 28.6 Å². The maximum atomic E-state index is 12.5. The molecule has 2 aromatic rings. The van der Waals surface area contributed by atoms with E-state index in [1.807, 2.05) is 0 Å². The number of fused-ring (bicyclic) bond motifs is 6. The van der Waals surface area contributed by atoms with Crippen LogP contribution in [0.25, 0.3) is 10.9 Å². The molecule has 3 N–H and O–H groups in total. The first-order valence-electron chi connectivity index (χ1n) is 14.4. The second-order valence-corrected chi connectivity index (χ2v) is 13.4. The van der Waals surface area contributed by atoms with E-state index in [2.05, 4.69) is 35.7 Å². The summed E-state index contributed by atoms with van der Waals surface area (Å²) < 4.78 is 0. The quantitative estimate of drug-likeness (QED) is 0.564. The van der Waals surface area contributed by atoms with Crippen LogP contribution < -0.4 is 5.56 Å². The van der Waals surface area contributed by atoms with Crippen molar-refractivity contribution in [1.29, 1.82) is 0 Å². The number of aliphatic hydroxyl groups excluding tert-OH is 2. The number of pyridine rings is 1. The van der Waals surface area contributed by atoms with Crippen molar-refractivity contribution >= 4 is 10.9 Å². The highest BCUT2D eigenvalue weighted by atomic mass is 16.3. The normalized spacial score (nSPS) is 43.0. The van der Waals surface area contributed by atoms with Crippen LogP contribution in [0.5, 0.6) is 0 Å². The van der Waals surface area contributed by atoms with E-state index < -0.39 is 0 Å². The molecule has 4 saturated carbocycles. The smallest absolute Gasteiger partial charge is 0.258 e. The van der Waals surface area contributed by atoms with E-state index in [1.165, 1.54) is 25.7 Å². The van der Waals surface area contributed by atoms with Crippen molar-refractivity contribution in [3.8, 4) is 0 Å². The Balaban J connectivity index is 1.18. The highest BCUT2D eigenvalue weighted by Gasteiger charge is 2.62. The largest absolute Gasteiger partial charge is 0.393 e. The lowest BCUT2D eigenvalue weighted by Gasteiger charge is -2.62. The van der Waals surface area contributed by atoms with Gasteiger partial charge in [0.15, 0.2) is 0 Å². The zero-order valence-electron chi connectivity index (χ0n) is 22.1. The molecule has 4 aliphatic carbocycles. The van der Waals surface area contributed by atoms with Gasteiger partial charge in [0.05, 0.1) is 29.3 Å². The van der Waals surface area contributed by atoms with Crippen LogP contribution in [0.1, 0.15) is 84.4 Å². The molecule has 0 saturated heterocycles. The van der Waals surface area contributed by atoms with Crippen LogP contribution in [0, 0.1) is 46.3 Å². The Labute approximate surface area is 214 Å². The standard InChI is InChI=1S/C30H43N3O3/c1-17(4-7-26-32-24-16-31-13-10-20(24)28(36)33-26)21-5-6-22-27-23(9-12-30(21,22)3)29(2)11-8-19(34)14-18(29)15-25(27)35/h10,13,16-19,21-23,25,27,34-35H,4-9,11-12,14-15H2,1-3H3,(H,32,33,36)/t17-,18+,19-,21-,22+,23?,25-,27+,29+,30-/m1/s1. The van der Waals surface area contributed by atoms with Crippen molar-refractivity contribution in [3.63, 3.8) is 0 Å². The average molecular weight is 494 g/mol. The number of H-pyrrole nitrogens is 1. The number of aliphatic hydroxyl groups is 2. The molecule has 10 atom stereocenters. The zero-order valence-corrected chi connectivity index (χ0v) is 22.1. The highest BCUT2D eigenvalue weighted by Crippen LogP contribution is 2.68. The molecule has 0 spiro atoms. The van der Waals surface area contributed by atoms with Crippen LogP contribution in [-0.4, -0.2) is 37.4 Å². The minimum atomic E-state index is -0.224. The van der Waals surface area contributed by atoms with E-state index in [0.29, 0.717) is 46.4 Å². The molecule has 0 aliphatic heterocycles. The average Bonchev–Trinajstić information content (AvgIpc) is 3.21. The Hall–Kier alpha value is -1.79. The Morgan fingerprint density at radius 1 is 1.08 bits per heavy atom. The Morgan fingerprint density at radius 3 is 2.69 bits per heavy atom. The summed E-state index contributed by atoms with van der Waals surface area (Å²) in [6.07, 6.45) is 13.4. The number of aromatic amines is 1. The Bertz CT molecular complexity index is 1180. The van der Waals surface area contributed by atoms with Gasteiger partial charge in [0.1, 0.15) is 5.82 Å². The van der Waals surface area contributed by atoms with Crippen molar-refractivity contribution in [1.82, 2.24) is 15.0 Å². The molecule has 2 aromatic heterocycles. The Morgan fingerprint density at radius 2 is 1.86 bits per heavy atom. The summed E-state index contributed by atoms with van der Waals surface area (Å²) in [5, 5.41) is 22.4. The molecule has 0 aromatic carbocycles. The van der Waals surface area contributed by atoms with Crippen molar-refractivity contribution in [2.24, 2.45) is 46.3 Å². The van der Waals surface area contributed by atoms with Crippen LogP contribution >= 0.6 is 0 Å². The zero-order chi connectivity index (χ0) is 25.2. The van der Waals surface area contributed by atoms with Crippen LogP contribution in [0.15, 0.2) is 23.3 Å². The Kier molecular flexibility index (Phi) is 6.07. The minimum Gasteiger partial charge on any atom is -0.393 e. The summed E-state index contributed by atoms with van der Waals surface area (Å²) in [5.41, 5.74) is 1.14. The molecule has 6 rings (SSSR count). The number of aromatic nitrogens is 3. The first kappa shape index (κ1) is 24.5. The summed E-state index contributed by atoms with van der Waals surface area (Å²) in [7, 11) is 0. The number of hydrogen-bond donors (Lipinski definition) is 3. The summed E-state index contributed by atoms with van der Waals surface area (Å²) in [5.74, 6) is 3.99. The molecule has 4 aliphatic rings. The van der Waals surface area contributed by atoms with Crippen molar-refractivity contribution < 1.29 is 10.2 Å². The van der Waals surface area contributed by atoms with Gasteiger partial charge in [-0.05, 0) is 110 Å². The van der Waals surface area contributed by atoms with Gasteiger partial charge in [-0.2, -0.15) is 0 Å². The van der Waals surface area contributed by atoms with E-state index >= 15 is 0 Å². The van der Waals surface area contributed by atoms with E-state index in [9.17, 15) is 15.0 Å². The van der Waals surface area contributed by atoms with Gasteiger partial charge in [0, 0.05) is 12.6 Å². The predicted molar refractivity (Wildman–Crippen MR) is 140 cm³/mol.